The van der Waals surface area contributed by atoms with Gasteiger partial charge in [-0.05, 0) is 31.2 Å². The number of hydrogen-bond donors (Lipinski definition) is 1. The number of anilines is 2. The van der Waals surface area contributed by atoms with Crippen molar-refractivity contribution < 1.29 is 8.42 Å². The third-order valence-corrected chi connectivity index (χ3v) is 5.21. The summed E-state index contributed by atoms with van der Waals surface area (Å²) in [5.41, 5.74) is 7.31. The Morgan fingerprint density at radius 1 is 1.00 bits per heavy atom. The standard InChI is InChI=1S/C15H16N2O2S/c1-11(16)10-17-12-6-2-4-8-14(12)20(18,19)15-9-5-3-7-13(15)17/h2-9,11H,10,16H2,1H3. The molecule has 1 atom stereocenters. The average Bonchev–Trinajstić information content (AvgIpc) is 2.44. The Morgan fingerprint density at radius 2 is 1.45 bits per heavy atom. The van der Waals surface area contributed by atoms with Crippen LogP contribution in [0.2, 0.25) is 0 Å². The van der Waals surface area contributed by atoms with E-state index >= 15 is 0 Å². The normalized spacial score (nSPS) is 17.2. The van der Waals surface area contributed by atoms with Crippen molar-refractivity contribution in [1.29, 1.82) is 0 Å². The van der Waals surface area contributed by atoms with Crippen LogP contribution < -0.4 is 10.6 Å². The van der Waals surface area contributed by atoms with Crippen LogP contribution in [0.25, 0.3) is 0 Å². The van der Waals surface area contributed by atoms with Crippen LogP contribution in [0, 0.1) is 0 Å². The average molecular weight is 288 g/mol. The minimum absolute atomic E-state index is 0.0584. The van der Waals surface area contributed by atoms with Crippen LogP contribution in [0.1, 0.15) is 6.92 Å². The van der Waals surface area contributed by atoms with Crippen LogP contribution in [-0.4, -0.2) is 21.0 Å². The molecular formula is C15H16N2O2S. The van der Waals surface area contributed by atoms with E-state index in [0.717, 1.165) is 0 Å². The lowest BCUT2D eigenvalue weighted by molar-refractivity contribution is 0.593. The lowest BCUT2D eigenvalue weighted by Crippen LogP contribution is -2.35. The van der Waals surface area contributed by atoms with Gasteiger partial charge in [-0.2, -0.15) is 0 Å². The summed E-state index contributed by atoms with van der Waals surface area (Å²) in [4.78, 5) is 2.68. The third kappa shape index (κ3) is 1.90. The Labute approximate surface area is 118 Å². The maximum absolute atomic E-state index is 12.7. The lowest BCUT2D eigenvalue weighted by atomic mass is 10.2. The molecule has 0 spiro atoms. The van der Waals surface area contributed by atoms with Gasteiger partial charge in [-0.1, -0.05) is 24.3 Å². The molecule has 2 N–H and O–H groups in total. The Hall–Kier alpha value is -1.85. The van der Waals surface area contributed by atoms with Crippen molar-refractivity contribution in [2.45, 2.75) is 22.8 Å². The molecule has 2 aromatic carbocycles. The van der Waals surface area contributed by atoms with Crippen LogP contribution in [0.3, 0.4) is 0 Å². The van der Waals surface area contributed by atoms with Crippen LogP contribution in [0.5, 0.6) is 0 Å². The molecule has 0 aromatic heterocycles. The van der Waals surface area contributed by atoms with Gasteiger partial charge in [0.2, 0.25) is 9.84 Å². The number of nitrogens with zero attached hydrogens (tertiary/aromatic N) is 1. The van der Waals surface area contributed by atoms with Gasteiger partial charge in [0.1, 0.15) is 0 Å². The fraction of sp³-hybridized carbons (Fsp3) is 0.200. The molecule has 0 bridgehead atoms. The second-order valence-corrected chi connectivity index (χ2v) is 6.91. The van der Waals surface area contributed by atoms with E-state index in [1.165, 1.54) is 0 Å². The van der Waals surface area contributed by atoms with Gasteiger partial charge >= 0.3 is 0 Å². The number of nitrogens with two attached hydrogens (primary N) is 1. The summed E-state index contributed by atoms with van der Waals surface area (Å²) in [6.45, 7) is 2.48. The van der Waals surface area contributed by atoms with Gasteiger partial charge in [-0.3, -0.25) is 0 Å². The molecule has 104 valence electrons. The van der Waals surface area contributed by atoms with Crippen molar-refractivity contribution in [2.24, 2.45) is 5.73 Å². The van der Waals surface area contributed by atoms with Gasteiger partial charge < -0.3 is 10.6 Å². The van der Waals surface area contributed by atoms with Gasteiger partial charge in [0, 0.05) is 12.6 Å². The van der Waals surface area contributed by atoms with E-state index in [4.69, 9.17) is 5.73 Å². The molecule has 0 saturated carbocycles. The highest BCUT2D eigenvalue weighted by atomic mass is 32.2. The third-order valence-electron chi connectivity index (χ3n) is 3.36. The first kappa shape index (κ1) is 13.1. The van der Waals surface area contributed by atoms with Crippen molar-refractivity contribution in [3.05, 3.63) is 48.5 Å². The predicted molar refractivity (Wildman–Crippen MR) is 79.0 cm³/mol. The molecule has 1 heterocycles. The fourth-order valence-corrected chi connectivity index (χ4v) is 4.21. The molecule has 5 heteroatoms. The zero-order valence-corrected chi connectivity index (χ0v) is 12.0. The highest BCUT2D eigenvalue weighted by Crippen LogP contribution is 2.43. The van der Waals surface area contributed by atoms with Crippen molar-refractivity contribution in [3.8, 4) is 0 Å². The summed E-state index contributed by atoms with van der Waals surface area (Å²) in [6.07, 6.45) is 0. The van der Waals surface area contributed by atoms with Gasteiger partial charge in [0.25, 0.3) is 0 Å². The molecule has 1 unspecified atom stereocenters. The number of sulfone groups is 1. The lowest BCUT2D eigenvalue weighted by Gasteiger charge is -2.33. The smallest absolute Gasteiger partial charge is 0.210 e. The Morgan fingerprint density at radius 3 is 1.90 bits per heavy atom. The number of benzene rings is 2. The molecule has 4 nitrogen and oxygen atoms in total. The summed E-state index contributed by atoms with van der Waals surface area (Å²) >= 11 is 0. The molecule has 3 rings (SSSR count). The molecule has 2 aromatic rings. The van der Waals surface area contributed by atoms with Crippen molar-refractivity contribution in [3.63, 3.8) is 0 Å². The van der Waals surface area contributed by atoms with Crippen molar-refractivity contribution >= 4 is 21.2 Å². The molecule has 1 aliphatic rings. The Bertz CT molecular complexity index is 700. The van der Waals surface area contributed by atoms with Crippen LogP contribution in [0.4, 0.5) is 11.4 Å². The Balaban J connectivity index is 2.30. The second-order valence-electron chi connectivity index (χ2n) is 5.03. The minimum atomic E-state index is -3.45. The molecule has 1 aliphatic heterocycles. The quantitative estimate of drug-likeness (QED) is 0.921. The SMILES string of the molecule is CC(N)CN1c2ccccc2S(=O)(=O)c2ccccc21. The maximum atomic E-state index is 12.7. The van der Waals surface area contributed by atoms with E-state index in [2.05, 4.69) is 0 Å². The summed E-state index contributed by atoms with van der Waals surface area (Å²) in [5, 5.41) is 0. The highest BCUT2D eigenvalue weighted by molar-refractivity contribution is 7.92. The zero-order chi connectivity index (χ0) is 14.3. The molecule has 0 aliphatic carbocycles. The van der Waals surface area contributed by atoms with E-state index < -0.39 is 9.84 Å². The number of para-hydroxylation sites is 2. The molecule has 0 saturated heterocycles. The van der Waals surface area contributed by atoms with E-state index in [0.29, 0.717) is 27.7 Å². The van der Waals surface area contributed by atoms with E-state index in [1.807, 2.05) is 36.1 Å². The van der Waals surface area contributed by atoms with Crippen molar-refractivity contribution in [1.82, 2.24) is 0 Å². The van der Waals surface area contributed by atoms with Gasteiger partial charge in [-0.15, -0.1) is 0 Å². The Kier molecular flexibility index (Phi) is 3.03. The van der Waals surface area contributed by atoms with Crippen LogP contribution in [0.15, 0.2) is 58.3 Å². The first-order valence-corrected chi connectivity index (χ1v) is 7.96. The van der Waals surface area contributed by atoms with Crippen LogP contribution in [-0.2, 0) is 9.84 Å². The van der Waals surface area contributed by atoms with E-state index in [1.54, 1.807) is 24.3 Å². The molecule has 0 fully saturated rings. The van der Waals surface area contributed by atoms with Gasteiger partial charge in [-0.25, -0.2) is 8.42 Å². The molecule has 0 amide bonds. The first-order chi connectivity index (χ1) is 9.51. The topological polar surface area (TPSA) is 63.4 Å². The van der Waals surface area contributed by atoms with E-state index in [-0.39, 0.29) is 6.04 Å². The summed E-state index contributed by atoms with van der Waals surface area (Å²) < 4.78 is 25.3. The second kappa shape index (κ2) is 4.61. The van der Waals surface area contributed by atoms with Gasteiger partial charge in [0.05, 0.1) is 21.2 Å². The minimum Gasteiger partial charge on any atom is -0.338 e. The summed E-state index contributed by atoms with van der Waals surface area (Å²) in [6, 6.07) is 14.1. The summed E-state index contributed by atoms with van der Waals surface area (Å²) in [5.74, 6) is 0. The first-order valence-electron chi connectivity index (χ1n) is 6.48. The zero-order valence-electron chi connectivity index (χ0n) is 11.2. The monoisotopic (exact) mass is 288 g/mol. The predicted octanol–water partition coefficient (Wildman–Crippen LogP) is 2.32. The largest absolute Gasteiger partial charge is 0.338 e. The van der Waals surface area contributed by atoms with Crippen molar-refractivity contribution in [2.75, 3.05) is 11.4 Å². The van der Waals surface area contributed by atoms with Gasteiger partial charge in [0.15, 0.2) is 0 Å². The molecular weight excluding hydrogens is 272 g/mol. The molecule has 20 heavy (non-hydrogen) atoms. The fourth-order valence-electron chi connectivity index (χ4n) is 2.55. The maximum Gasteiger partial charge on any atom is 0.210 e. The molecule has 0 radical (unpaired) electrons. The number of rotatable bonds is 2. The highest BCUT2D eigenvalue weighted by Gasteiger charge is 2.33. The number of fused-ring (bicyclic) bond motifs is 2. The van der Waals surface area contributed by atoms with E-state index in [9.17, 15) is 8.42 Å². The van der Waals surface area contributed by atoms with Crippen LogP contribution >= 0.6 is 0 Å². The summed E-state index contributed by atoms with van der Waals surface area (Å²) in [7, 11) is -3.45. The number of hydrogen-bond acceptors (Lipinski definition) is 4.